The van der Waals surface area contributed by atoms with Gasteiger partial charge in [-0.25, -0.2) is 4.79 Å². The average molecular weight is 249 g/mol. The Balaban J connectivity index is 2.68. The molecule has 0 N–H and O–H groups in total. The normalized spacial score (nSPS) is 10.1. The number of hydrogen-bond acceptors (Lipinski definition) is 4. The van der Waals surface area contributed by atoms with E-state index in [0.29, 0.717) is 6.61 Å². The SMILES string of the molecule is CCCCOC(=O)c1cc(Cl)nnc1Cl. The topological polar surface area (TPSA) is 52.1 Å². The molecule has 0 unspecified atom stereocenters. The first-order chi connectivity index (χ1) is 7.15. The second-order valence-corrected chi connectivity index (χ2v) is 3.61. The molecule has 15 heavy (non-hydrogen) atoms. The van der Waals surface area contributed by atoms with Gasteiger partial charge in [-0.15, -0.1) is 10.2 Å². The fourth-order valence-electron chi connectivity index (χ4n) is 0.883. The Morgan fingerprint density at radius 1 is 1.47 bits per heavy atom. The molecule has 0 aliphatic rings. The lowest BCUT2D eigenvalue weighted by Gasteiger charge is -2.04. The average Bonchev–Trinajstić information content (AvgIpc) is 2.22. The summed E-state index contributed by atoms with van der Waals surface area (Å²) in [5.41, 5.74) is 0.146. The van der Waals surface area contributed by atoms with Crippen LogP contribution in [0, 0.1) is 0 Å². The zero-order valence-corrected chi connectivity index (χ0v) is 9.68. The third-order valence-corrected chi connectivity index (χ3v) is 2.13. The highest BCUT2D eigenvalue weighted by molar-refractivity contribution is 6.33. The standard InChI is InChI=1S/C9H10Cl2N2O2/c1-2-3-4-15-9(14)6-5-7(10)12-13-8(6)11/h5H,2-4H2,1H3. The van der Waals surface area contributed by atoms with Crippen LogP contribution in [0.2, 0.25) is 10.3 Å². The van der Waals surface area contributed by atoms with Crippen molar-refractivity contribution in [3.8, 4) is 0 Å². The number of aromatic nitrogens is 2. The molecular formula is C9H10Cl2N2O2. The summed E-state index contributed by atoms with van der Waals surface area (Å²) >= 11 is 11.3. The van der Waals surface area contributed by atoms with Crippen LogP contribution in [0.4, 0.5) is 0 Å². The van der Waals surface area contributed by atoms with Gasteiger partial charge < -0.3 is 4.74 Å². The Bertz CT molecular complexity index is 358. The summed E-state index contributed by atoms with van der Waals surface area (Å²) in [7, 11) is 0. The molecule has 0 radical (unpaired) electrons. The Kier molecular flexibility index (Phi) is 4.78. The molecule has 0 aliphatic carbocycles. The van der Waals surface area contributed by atoms with Gasteiger partial charge in [-0.05, 0) is 12.5 Å². The Morgan fingerprint density at radius 3 is 2.87 bits per heavy atom. The molecule has 1 heterocycles. The summed E-state index contributed by atoms with van der Waals surface area (Å²) in [6, 6.07) is 1.34. The minimum atomic E-state index is -0.523. The van der Waals surface area contributed by atoms with E-state index in [1.807, 2.05) is 6.92 Å². The number of nitrogens with zero attached hydrogens (tertiary/aromatic N) is 2. The van der Waals surface area contributed by atoms with Crippen molar-refractivity contribution in [1.29, 1.82) is 0 Å². The van der Waals surface area contributed by atoms with Crippen LogP contribution >= 0.6 is 23.2 Å². The first-order valence-electron chi connectivity index (χ1n) is 4.51. The molecular weight excluding hydrogens is 239 g/mol. The van der Waals surface area contributed by atoms with Crippen LogP contribution in [0.1, 0.15) is 30.1 Å². The van der Waals surface area contributed by atoms with E-state index < -0.39 is 5.97 Å². The minimum Gasteiger partial charge on any atom is -0.462 e. The van der Waals surface area contributed by atoms with Gasteiger partial charge in [-0.3, -0.25) is 0 Å². The number of rotatable bonds is 4. The first kappa shape index (κ1) is 12.2. The summed E-state index contributed by atoms with van der Waals surface area (Å²) in [6.07, 6.45) is 1.77. The van der Waals surface area contributed by atoms with Crippen LogP contribution in [0.15, 0.2) is 6.07 Å². The van der Waals surface area contributed by atoms with Crippen molar-refractivity contribution in [3.63, 3.8) is 0 Å². The van der Waals surface area contributed by atoms with Crippen molar-refractivity contribution in [2.45, 2.75) is 19.8 Å². The zero-order valence-electron chi connectivity index (χ0n) is 8.17. The van der Waals surface area contributed by atoms with E-state index in [1.165, 1.54) is 6.07 Å². The third kappa shape index (κ3) is 3.64. The Morgan fingerprint density at radius 2 is 2.20 bits per heavy atom. The van der Waals surface area contributed by atoms with E-state index in [9.17, 15) is 4.79 Å². The van der Waals surface area contributed by atoms with Crippen molar-refractivity contribution in [2.24, 2.45) is 0 Å². The third-order valence-electron chi connectivity index (χ3n) is 1.67. The van der Waals surface area contributed by atoms with Gasteiger partial charge in [0.15, 0.2) is 10.3 Å². The largest absolute Gasteiger partial charge is 0.462 e. The maximum Gasteiger partial charge on any atom is 0.341 e. The predicted octanol–water partition coefficient (Wildman–Crippen LogP) is 2.74. The second kappa shape index (κ2) is 5.88. The van der Waals surface area contributed by atoms with Crippen molar-refractivity contribution in [1.82, 2.24) is 10.2 Å². The molecule has 1 aromatic rings. The Labute approximate surface area is 97.5 Å². The molecule has 1 aromatic heterocycles. The lowest BCUT2D eigenvalue weighted by atomic mass is 10.3. The highest BCUT2D eigenvalue weighted by Gasteiger charge is 2.14. The van der Waals surface area contributed by atoms with Crippen LogP contribution in [0.5, 0.6) is 0 Å². The minimum absolute atomic E-state index is 0.000832. The predicted molar refractivity (Wildman–Crippen MR) is 57.2 cm³/mol. The number of halogens is 2. The van der Waals surface area contributed by atoms with E-state index in [0.717, 1.165) is 12.8 Å². The van der Waals surface area contributed by atoms with Crippen LogP contribution in [-0.4, -0.2) is 22.8 Å². The molecule has 0 aromatic carbocycles. The van der Waals surface area contributed by atoms with E-state index in [-0.39, 0.29) is 15.9 Å². The Hall–Kier alpha value is -0.870. The number of unbranched alkanes of at least 4 members (excludes halogenated alkanes) is 1. The number of hydrogen-bond donors (Lipinski definition) is 0. The maximum absolute atomic E-state index is 11.5. The molecule has 0 fully saturated rings. The molecule has 82 valence electrons. The highest BCUT2D eigenvalue weighted by atomic mass is 35.5. The van der Waals surface area contributed by atoms with Crippen LogP contribution in [0.3, 0.4) is 0 Å². The van der Waals surface area contributed by atoms with Crippen LogP contribution in [-0.2, 0) is 4.74 Å². The maximum atomic E-state index is 11.5. The van der Waals surface area contributed by atoms with Crippen molar-refractivity contribution in [2.75, 3.05) is 6.61 Å². The van der Waals surface area contributed by atoms with E-state index in [4.69, 9.17) is 27.9 Å². The lowest BCUT2D eigenvalue weighted by Crippen LogP contribution is -2.08. The van der Waals surface area contributed by atoms with Gasteiger partial charge in [0.05, 0.1) is 6.61 Å². The van der Waals surface area contributed by atoms with Crippen molar-refractivity contribution < 1.29 is 9.53 Å². The van der Waals surface area contributed by atoms with Crippen molar-refractivity contribution >= 4 is 29.2 Å². The molecule has 1 rings (SSSR count). The lowest BCUT2D eigenvalue weighted by molar-refractivity contribution is 0.0499. The first-order valence-corrected chi connectivity index (χ1v) is 5.26. The van der Waals surface area contributed by atoms with E-state index >= 15 is 0 Å². The summed E-state index contributed by atoms with van der Waals surface area (Å²) in [4.78, 5) is 11.5. The quantitative estimate of drug-likeness (QED) is 0.608. The summed E-state index contributed by atoms with van der Waals surface area (Å²) in [5, 5.41) is 7.12. The van der Waals surface area contributed by atoms with Crippen LogP contribution < -0.4 is 0 Å². The molecule has 0 spiro atoms. The number of ether oxygens (including phenoxy) is 1. The van der Waals surface area contributed by atoms with Gasteiger partial charge >= 0.3 is 5.97 Å². The molecule has 0 atom stereocenters. The summed E-state index contributed by atoms with van der Waals surface area (Å²) in [5.74, 6) is -0.523. The van der Waals surface area contributed by atoms with Gasteiger partial charge in [0.2, 0.25) is 0 Å². The van der Waals surface area contributed by atoms with Crippen molar-refractivity contribution in [3.05, 3.63) is 21.9 Å². The smallest absolute Gasteiger partial charge is 0.341 e. The molecule has 0 saturated heterocycles. The molecule has 0 aliphatic heterocycles. The van der Waals surface area contributed by atoms with E-state index in [2.05, 4.69) is 10.2 Å². The molecule has 4 nitrogen and oxygen atoms in total. The zero-order chi connectivity index (χ0) is 11.3. The molecule has 0 saturated carbocycles. The molecule has 6 heteroatoms. The monoisotopic (exact) mass is 248 g/mol. The van der Waals surface area contributed by atoms with Gasteiger partial charge in [-0.1, -0.05) is 36.5 Å². The number of esters is 1. The van der Waals surface area contributed by atoms with Gasteiger partial charge in [0.25, 0.3) is 0 Å². The van der Waals surface area contributed by atoms with Crippen LogP contribution in [0.25, 0.3) is 0 Å². The van der Waals surface area contributed by atoms with Gasteiger partial charge in [-0.2, -0.15) is 0 Å². The van der Waals surface area contributed by atoms with Gasteiger partial charge in [0, 0.05) is 0 Å². The summed E-state index contributed by atoms with van der Waals surface area (Å²) < 4.78 is 4.95. The van der Waals surface area contributed by atoms with Gasteiger partial charge in [0.1, 0.15) is 5.56 Å². The molecule has 0 amide bonds. The fraction of sp³-hybridized carbons (Fsp3) is 0.444. The number of carbonyl (C=O) groups is 1. The fourth-order valence-corrected chi connectivity index (χ4v) is 1.20. The number of carbonyl (C=O) groups excluding carboxylic acids is 1. The summed E-state index contributed by atoms with van der Waals surface area (Å²) in [6.45, 7) is 2.37. The second-order valence-electron chi connectivity index (χ2n) is 2.86. The highest BCUT2D eigenvalue weighted by Crippen LogP contribution is 2.16. The van der Waals surface area contributed by atoms with E-state index in [1.54, 1.807) is 0 Å². The molecule has 0 bridgehead atoms.